The molecule has 1 fully saturated rings. The van der Waals surface area contributed by atoms with E-state index in [1.807, 2.05) is 6.92 Å². The maximum atomic E-state index is 14.1. The third-order valence-corrected chi connectivity index (χ3v) is 9.26. The number of hydrogen-bond donors (Lipinski definition) is 1. The Labute approximate surface area is 251 Å². The van der Waals surface area contributed by atoms with E-state index >= 15 is 0 Å². The Balaban J connectivity index is 1.71. The predicted molar refractivity (Wildman–Crippen MR) is 160 cm³/mol. The van der Waals surface area contributed by atoms with Crippen LogP contribution in [0.25, 0.3) is 0 Å². The molecule has 1 unspecified atom stereocenters. The van der Waals surface area contributed by atoms with Crippen molar-refractivity contribution in [2.75, 3.05) is 17.5 Å². The topological polar surface area (TPSA) is 96.0 Å². The first-order chi connectivity index (χ1) is 20.6. The molecule has 0 heterocycles. The zero-order chi connectivity index (χ0) is 31.0. The molecule has 3 aromatic carbocycles. The van der Waals surface area contributed by atoms with Gasteiger partial charge in [-0.2, -0.15) is 0 Å². The van der Waals surface area contributed by atoms with E-state index in [1.54, 1.807) is 19.1 Å². The molecule has 0 radical (unpaired) electrons. The highest BCUT2D eigenvalue weighted by Crippen LogP contribution is 2.27. The number of nitrogens with zero attached hydrogens (tertiary/aromatic N) is 2. The fourth-order valence-corrected chi connectivity index (χ4v) is 6.63. The zero-order valence-corrected chi connectivity index (χ0v) is 25.2. The van der Waals surface area contributed by atoms with Crippen LogP contribution in [0.2, 0.25) is 0 Å². The second-order valence-corrected chi connectivity index (χ2v) is 12.3. The molecule has 4 rings (SSSR count). The van der Waals surface area contributed by atoms with Gasteiger partial charge in [-0.25, -0.2) is 17.2 Å². The molecule has 1 aliphatic rings. The summed E-state index contributed by atoms with van der Waals surface area (Å²) < 4.78 is 61.6. The Hall–Kier alpha value is -3.99. The molecule has 11 heteroatoms. The first-order valence-corrected chi connectivity index (χ1v) is 15.9. The molecule has 0 saturated heterocycles. The SMILES string of the molecule is CCOc1ccc(N(CC(=O)N(Cc2ccc(F)cc2)C(CC)C(=O)NC2CCCC2)S(=O)(=O)c2ccc(F)cc2)cc1. The molecular weight excluding hydrogens is 576 g/mol. The van der Waals surface area contributed by atoms with Gasteiger partial charge in [-0.1, -0.05) is 31.9 Å². The number of nitrogens with one attached hydrogen (secondary N) is 1. The van der Waals surface area contributed by atoms with Gasteiger partial charge in [-0.3, -0.25) is 13.9 Å². The molecule has 1 atom stereocenters. The number of ether oxygens (including phenoxy) is 1. The number of benzene rings is 3. The standard InChI is InChI=1S/C32H37F2N3O5S/c1-3-30(32(39)35-26-7-5-6-8-26)36(21-23-9-11-24(33)12-10-23)31(38)22-37(27-15-17-28(18-16-27)42-4-2)43(40,41)29-19-13-25(34)14-20-29/h9-20,26,30H,3-8,21-22H2,1-2H3,(H,35,39). The summed E-state index contributed by atoms with van der Waals surface area (Å²) in [6.07, 6.45) is 4.01. The molecular formula is C32H37F2N3O5S. The summed E-state index contributed by atoms with van der Waals surface area (Å²) in [6, 6.07) is 15.3. The first kappa shape index (κ1) is 31.9. The van der Waals surface area contributed by atoms with E-state index in [0.717, 1.165) is 54.3 Å². The highest BCUT2D eigenvalue weighted by Gasteiger charge is 2.34. The van der Waals surface area contributed by atoms with E-state index in [0.29, 0.717) is 17.9 Å². The van der Waals surface area contributed by atoms with Crippen LogP contribution in [0, 0.1) is 11.6 Å². The molecule has 0 aromatic heterocycles. The second kappa shape index (κ2) is 14.5. The van der Waals surface area contributed by atoms with Gasteiger partial charge < -0.3 is 15.0 Å². The number of anilines is 1. The van der Waals surface area contributed by atoms with Gasteiger partial charge in [0.1, 0.15) is 30.0 Å². The molecule has 1 aliphatic carbocycles. The van der Waals surface area contributed by atoms with Gasteiger partial charge in [-0.15, -0.1) is 0 Å². The lowest BCUT2D eigenvalue weighted by Gasteiger charge is -2.33. The third kappa shape index (κ3) is 8.10. The number of rotatable bonds is 13. The summed E-state index contributed by atoms with van der Waals surface area (Å²) in [4.78, 5) is 28.7. The van der Waals surface area contributed by atoms with Crippen molar-refractivity contribution in [2.45, 2.75) is 69.5 Å². The van der Waals surface area contributed by atoms with E-state index in [9.17, 15) is 26.8 Å². The monoisotopic (exact) mass is 613 g/mol. The highest BCUT2D eigenvalue weighted by atomic mass is 32.2. The molecule has 1 saturated carbocycles. The van der Waals surface area contributed by atoms with Crippen molar-refractivity contribution in [3.63, 3.8) is 0 Å². The summed E-state index contributed by atoms with van der Waals surface area (Å²) in [7, 11) is -4.35. The number of hydrogen-bond acceptors (Lipinski definition) is 5. The minimum Gasteiger partial charge on any atom is -0.494 e. The lowest BCUT2D eigenvalue weighted by molar-refractivity contribution is -0.140. The normalized spacial score (nSPS) is 14.2. The van der Waals surface area contributed by atoms with Crippen LogP contribution in [0.15, 0.2) is 77.7 Å². The van der Waals surface area contributed by atoms with Crippen LogP contribution in [-0.2, 0) is 26.2 Å². The minimum absolute atomic E-state index is 0.0172. The minimum atomic E-state index is -4.35. The van der Waals surface area contributed by atoms with Crippen LogP contribution >= 0.6 is 0 Å². The van der Waals surface area contributed by atoms with Crippen molar-refractivity contribution in [1.82, 2.24) is 10.2 Å². The smallest absolute Gasteiger partial charge is 0.264 e. The van der Waals surface area contributed by atoms with Crippen molar-refractivity contribution in [3.8, 4) is 5.75 Å². The average molecular weight is 614 g/mol. The van der Waals surface area contributed by atoms with Crippen LogP contribution in [0.5, 0.6) is 5.75 Å². The Bertz CT molecular complexity index is 1480. The maximum absolute atomic E-state index is 14.1. The second-order valence-electron chi connectivity index (χ2n) is 10.5. The van der Waals surface area contributed by atoms with Crippen LogP contribution in [-0.4, -0.2) is 50.4 Å². The van der Waals surface area contributed by atoms with Crippen molar-refractivity contribution >= 4 is 27.5 Å². The first-order valence-electron chi connectivity index (χ1n) is 14.5. The van der Waals surface area contributed by atoms with E-state index < -0.39 is 40.2 Å². The van der Waals surface area contributed by atoms with Gasteiger partial charge in [-0.05, 0) is 92.4 Å². The number of halogens is 2. The molecule has 0 aliphatic heterocycles. The molecule has 0 spiro atoms. The van der Waals surface area contributed by atoms with E-state index in [1.165, 1.54) is 41.3 Å². The van der Waals surface area contributed by atoms with E-state index in [-0.39, 0.29) is 35.5 Å². The third-order valence-electron chi connectivity index (χ3n) is 7.47. The van der Waals surface area contributed by atoms with Crippen LogP contribution < -0.4 is 14.4 Å². The summed E-state index contributed by atoms with van der Waals surface area (Å²) in [5.74, 6) is -1.48. The van der Waals surface area contributed by atoms with Gasteiger partial charge in [0.15, 0.2) is 0 Å². The molecule has 1 N–H and O–H groups in total. The molecule has 0 bridgehead atoms. The molecule has 230 valence electrons. The molecule has 3 aromatic rings. The number of sulfonamides is 1. The highest BCUT2D eigenvalue weighted by molar-refractivity contribution is 7.92. The fourth-order valence-electron chi connectivity index (χ4n) is 5.21. The summed E-state index contributed by atoms with van der Waals surface area (Å²) in [5.41, 5.74) is 0.766. The van der Waals surface area contributed by atoms with Gasteiger partial charge in [0.05, 0.1) is 17.2 Å². The number of amides is 2. The Kier molecular flexibility index (Phi) is 10.7. The van der Waals surface area contributed by atoms with Gasteiger partial charge in [0.2, 0.25) is 11.8 Å². The Morgan fingerprint density at radius 2 is 1.49 bits per heavy atom. The van der Waals surface area contributed by atoms with Crippen LogP contribution in [0.1, 0.15) is 51.5 Å². The van der Waals surface area contributed by atoms with Crippen molar-refractivity contribution in [1.29, 1.82) is 0 Å². The number of carbonyl (C=O) groups excluding carboxylic acids is 2. The molecule has 43 heavy (non-hydrogen) atoms. The lowest BCUT2D eigenvalue weighted by Crippen LogP contribution is -2.53. The summed E-state index contributed by atoms with van der Waals surface area (Å²) in [6.45, 7) is 3.34. The van der Waals surface area contributed by atoms with E-state index in [4.69, 9.17) is 4.74 Å². The largest absolute Gasteiger partial charge is 0.494 e. The van der Waals surface area contributed by atoms with Crippen molar-refractivity contribution in [2.24, 2.45) is 0 Å². The van der Waals surface area contributed by atoms with E-state index in [2.05, 4.69) is 5.32 Å². The van der Waals surface area contributed by atoms with Crippen LogP contribution in [0.3, 0.4) is 0 Å². The van der Waals surface area contributed by atoms with Gasteiger partial charge >= 0.3 is 0 Å². The predicted octanol–water partition coefficient (Wildman–Crippen LogP) is 5.43. The molecule has 2 amide bonds. The van der Waals surface area contributed by atoms with Crippen molar-refractivity contribution < 1.29 is 31.5 Å². The van der Waals surface area contributed by atoms with Crippen LogP contribution in [0.4, 0.5) is 14.5 Å². The Morgan fingerprint density at radius 3 is 2.05 bits per heavy atom. The average Bonchev–Trinajstić information content (AvgIpc) is 3.50. The number of carbonyl (C=O) groups is 2. The zero-order valence-electron chi connectivity index (χ0n) is 24.3. The fraction of sp³-hybridized carbons (Fsp3) is 0.375. The quantitative estimate of drug-likeness (QED) is 0.278. The van der Waals surface area contributed by atoms with Gasteiger partial charge in [0.25, 0.3) is 10.0 Å². The summed E-state index contributed by atoms with van der Waals surface area (Å²) in [5, 5.41) is 3.05. The lowest BCUT2D eigenvalue weighted by atomic mass is 10.1. The molecule has 8 nitrogen and oxygen atoms in total. The summed E-state index contributed by atoms with van der Waals surface area (Å²) >= 11 is 0. The van der Waals surface area contributed by atoms with Gasteiger partial charge in [0, 0.05) is 12.6 Å². The maximum Gasteiger partial charge on any atom is 0.264 e. The van der Waals surface area contributed by atoms with Crippen molar-refractivity contribution in [3.05, 3.63) is 90.0 Å². The Morgan fingerprint density at radius 1 is 0.907 bits per heavy atom.